The van der Waals surface area contributed by atoms with Gasteiger partial charge < -0.3 is 5.32 Å². The monoisotopic (exact) mass is 328 g/mol. The van der Waals surface area contributed by atoms with Crippen molar-refractivity contribution in [2.45, 2.75) is 26.3 Å². The fourth-order valence-corrected chi connectivity index (χ4v) is 2.95. The van der Waals surface area contributed by atoms with Crippen LogP contribution in [0.4, 0.5) is 11.4 Å². The lowest BCUT2D eigenvalue weighted by molar-refractivity contribution is -0.121. The number of carbonyl (C=O) groups excluding carboxylic acids is 2. The van der Waals surface area contributed by atoms with Crippen molar-refractivity contribution in [2.24, 2.45) is 0 Å². The highest BCUT2D eigenvalue weighted by atomic mass is 35.5. The number of amides is 2. The van der Waals surface area contributed by atoms with Crippen LogP contribution >= 0.6 is 11.6 Å². The number of imide groups is 1. The zero-order valence-electron chi connectivity index (χ0n) is 13.0. The number of benzene rings is 2. The molecule has 0 spiro atoms. The molecule has 23 heavy (non-hydrogen) atoms. The second-order valence-corrected chi connectivity index (χ2v) is 6.07. The van der Waals surface area contributed by atoms with Crippen LogP contribution in [0, 0.1) is 13.8 Å². The Morgan fingerprint density at radius 2 is 1.83 bits per heavy atom. The molecular formula is C18H17ClN2O2. The average Bonchev–Trinajstić information content (AvgIpc) is 2.79. The Morgan fingerprint density at radius 1 is 1.09 bits per heavy atom. The minimum absolute atomic E-state index is 0.122. The quantitative estimate of drug-likeness (QED) is 0.874. The SMILES string of the molecule is Cc1cccc(N[C@H]2CC(=O)N(c3ccccc3Cl)C2=O)c1C. The molecule has 1 aliphatic rings. The van der Waals surface area contributed by atoms with Gasteiger partial charge in [0.25, 0.3) is 5.91 Å². The number of aryl methyl sites for hydroxylation is 1. The highest BCUT2D eigenvalue weighted by Gasteiger charge is 2.40. The van der Waals surface area contributed by atoms with Gasteiger partial charge in [-0.15, -0.1) is 0 Å². The smallest absolute Gasteiger partial charge is 0.256 e. The van der Waals surface area contributed by atoms with Crippen LogP contribution in [0.1, 0.15) is 17.5 Å². The van der Waals surface area contributed by atoms with Crippen molar-refractivity contribution in [1.29, 1.82) is 0 Å². The lowest BCUT2D eigenvalue weighted by Crippen LogP contribution is -2.35. The van der Waals surface area contributed by atoms with Crippen LogP contribution in [0.15, 0.2) is 42.5 Å². The number of nitrogens with one attached hydrogen (secondary N) is 1. The predicted molar refractivity (Wildman–Crippen MR) is 91.9 cm³/mol. The summed E-state index contributed by atoms with van der Waals surface area (Å²) in [7, 11) is 0. The van der Waals surface area contributed by atoms with E-state index in [4.69, 9.17) is 11.6 Å². The Hall–Kier alpha value is -2.33. The summed E-state index contributed by atoms with van der Waals surface area (Å²) in [6.07, 6.45) is 0.122. The van der Waals surface area contributed by atoms with Crippen LogP contribution in [-0.2, 0) is 9.59 Å². The first-order chi connectivity index (χ1) is 11.0. The van der Waals surface area contributed by atoms with Gasteiger partial charge in [0.1, 0.15) is 6.04 Å². The maximum Gasteiger partial charge on any atom is 0.256 e. The van der Waals surface area contributed by atoms with Gasteiger partial charge in [0.15, 0.2) is 0 Å². The Bertz CT molecular complexity index is 788. The molecule has 1 N–H and O–H groups in total. The minimum atomic E-state index is -0.570. The van der Waals surface area contributed by atoms with Crippen LogP contribution in [0.2, 0.25) is 5.02 Å². The third-order valence-corrected chi connectivity index (χ3v) is 4.49. The summed E-state index contributed by atoms with van der Waals surface area (Å²) >= 11 is 6.12. The largest absolute Gasteiger partial charge is 0.373 e. The van der Waals surface area contributed by atoms with Crippen molar-refractivity contribution in [2.75, 3.05) is 10.2 Å². The number of halogens is 1. The second-order valence-electron chi connectivity index (χ2n) is 5.67. The number of rotatable bonds is 3. The highest BCUT2D eigenvalue weighted by Crippen LogP contribution is 2.31. The van der Waals surface area contributed by atoms with Gasteiger partial charge >= 0.3 is 0 Å². The molecule has 0 saturated carbocycles. The van der Waals surface area contributed by atoms with E-state index in [1.165, 1.54) is 4.90 Å². The molecule has 0 bridgehead atoms. The fourth-order valence-electron chi connectivity index (χ4n) is 2.73. The van der Waals surface area contributed by atoms with Crippen molar-refractivity contribution in [3.63, 3.8) is 0 Å². The first-order valence-electron chi connectivity index (χ1n) is 7.43. The van der Waals surface area contributed by atoms with Crippen LogP contribution in [-0.4, -0.2) is 17.9 Å². The molecule has 1 heterocycles. The van der Waals surface area contributed by atoms with Crippen molar-refractivity contribution < 1.29 is 9.59 Å². The summed E-state index contributed by atoms with van der Waals surface area (Å²) in [6, 6.07) is 12.2. The number of anilines is 2. The van der Waals surface area contributed by atoms with Gasteiger partial charge in [-0.05, 0) is 43.2 Å². The van der Waals surface area contributed by atoms with E-state index in [1.807, 2.05) is 32.0 Å². The summed E-state index contributed by atoms with van der Waals surface area (Å²) in [4.78, 5) is 26.1. The van der Waals surface area contributed by atoms with Crippen LogP contribution in [0.3, 0.4) is 0 Å². The molecule has 118 valence electrons. The van der Waals surface area contributed by atoms with E-state index >= 15 is 0 Å². The zero-order chi connectivity index (χ0) is 16.6. The molecule has 2 aromatic carbocycles. The minimum Gasteiger partial charge on any atom is -0.373 e. The van der Waals surface area contributed by atoms with Gasteiger partial charge in [0, 0.05) is 5.69 Å². The van der Waals surface area contributed by atoms with E-state index in [1.54, 1.807) is 24.3 Å². The number of nitrogens with zero attached hydrogens (tertiary/aromatic N) is 1. The van der Waals surface area contributed by atoms with Gasteiger partial charge in [-0.25, -0.2) is 4.90 Å². The Kier molecular flexibility index (Phi) is 4.09. The number of hydrogen-bond acceptors (Lipinski definition) is 3. The van der Waals surface area contributed by atoms with E-state index in [0.29, 0.717) is 10.7 Å². The Balaban J connectivity index is 1.87. The maximum absolute atomic E-state index is 12.7. The third kappa shape index (κ3) is 2.82. The molecule has 1 atom stereocenters. The predicted octanol–water partition coefficient (Wildman–Crippen LogP) is 3.70. The van der Waals surface area contributed by atoms with E-state index in [0.717, 1.165) is 16.8 Å². The number of para-hydroxylation sites is 1. The zero-order valence-corrected chi connectivity index (χ0v) is 13.7. The summed E-state index contributed by atoms with van der Waals surface area (Å²) in [5.74, 6) is -0.519. The summed E-state index contributed by atoms with van der Waals surface area (Å²) in [6.45, 7) is 4.00. The second kappa shape index (κ2) is 6.05. The van der Waals surface area contributed by atoms with E-state index in [2.05, 4.69) is 5.32 Å². The van der Waals surface area contributed by atoms with E-state index < -0.39 is 6.04 Å². The first kappa shape index (κ1) is 15.6. The van der Waals surface area contributed by atoms with Gasteiger partial charge in [-0.3, -0.25) is 9.59 Å². The van der Waals surface area contributed by atoms with Gasteiger partial charge in [-0.2, -0.15) is 0 Å². The number of hydrogen-bond donors (Lipinski definition) is 1. The maximum atomic E-state index is 12.7. The van der Waals surface area contributed by atoms with E-state index in [-0.39, 0.29) is 18.2 Å². The van der Waals surface area contributed by atoms with Gasteiger partial charge in [0.2, 0.25) is 5.91 Å². The molecule has 1 saturated heterocycles. The Labute approximate surface area is 140 Å². The normalized spacial score (nSPS) is 17.7. The van der Waals surface area contributed by atoms with Crippen molar-refractivity contribution in [3.05, 3.63) is 58.6 Å². The molecule has 2 aromatic rings. The summed E-state index contributed by atoms with van der Waals surface area (Å²) in [5, 5.41) is 3.58. The third-order valence-electron chi connectivity index (χ3n) is 4.17. The molecule has 3 rings (SSSR count). The van der Waals surface area contributed by atoms with Crippen molar-refractivity contribution in [3.8, 4) is 0 Å². The molecule has 5 heteroatoms. The molecule has 2 amide bonds. The lowest BCUT2D eigenvalue weighted by Gasteiger charge is -2.18. The molecule has 1 aliphatic heterocycles. The molecule has 0 aliphatic carbocycles. The standard InChI is InChI=1S/C18H17ClN2O2/c1-11-6-5-8-14(12(11)2)20-15-10-17(22)21(18(15)23)16-9-4-3-7-13(16)19/h3-9,15,20H,10H2,1-2H3/t15-/m0/s1. The number of carbonyl (C=O) groups is 2. The van der Waals surface area contributed by atoms with Crippen molar-refractivity contribution in [1.82, 2.24) is 0 Å². The van der Waals surface area contributed by atoms with E-state index in [9.17, 15) is 9.59 Å². The topological polar surface area (TPSA) is 49.4 Å². The van der Waals surface area contributed by atoms with Crippen LogP contribution < -0.4 is 10.2 Å². The van der Waals surface area contributed by atoms with Crippen molar-refractivity contribution >= 4 is 34.8 Å². The molecule has 0 aromatic heterocycles. The Morgan fingerprint density at radius 3 is 2.57 bits per heavy atom. The molecule has 0 unspecified atom stereocenters. The van der Waals surface area contributed by atoms with Crippen LogP contribution in [0.25, 0.3) is 0 Å². The lowest BCUT2D eigenvalue weighted by atomic mass is 10.1. The first-order valence-corrected chi connectivity index (χ1v) is 7.81. The fraction of sp³-hybridized carbons (Fsp3) is 0.222. The van der Waals surface area contributed by atoms with Gasteiger partial charge in [0.05, 0.1) is 17.1 Å². The molecule has 1 fully saturated rings. The molecular weight excluding hydrogens is 312 g/mol. The van der Waals surface area contributed by atoms with Crippen LogP contribution in [0.5, 0.6) is 0 Å². The molecule has 4 nitrogen and oxygen atoms in total. The molecule has 0 radical (unpaired) electrons. The average molecular weight is 329 g/mol. The summed E-state index contributed by atoms with van der Waals surface area (Å²) in [5.41, 5.74) is 3.52. The van der Waals surface area contributed by atoms with Gasteiger partial charge in [-0.1, -0.05) is 35.9 Å². The summed E-state index contributed by atoms with van der Waals surface area (Å²) < 4.78 is 0. The highest BCUT2D eigenvalue weighted by molar-refractivity contribution is 6.36.